The van der Waals surface area contributed by atoms with E-state index in [2.05, 4.69) is 13.2 Å². The van der Waals surface area contributed by atoms with Crippen molar-refractivity contribution in [1.29, 1.82) is 0 Å². The quantitative estimate of drug-likeness (QED) is 0.287. The molecular weight excluding hydrogens is 94.3 g/mol. The second kappa shape index (κ2) is 31.4. The molecule has 0 fully saturated rings. The molecule has 0 spiro atoms. The first-order valence-corrected chi connectivity index (χ1v) is 0.500. The summed E-state index contributed by atoms with van der Waals surface area (Å²) in [6, 6.07) is 0. The molecule has 0 aliphatic carbocycles. The third-order valence-electron chi connectivity index (χ3n) is 0. The van der Waals surface area contributed by atoms with Gasteiger partial charge in [-0.15, -0.1) is 13.2 Å². The van der Waals surface area contributed by atoms with E-state index in [0.29, 0.717) is 0 Å². The van der Waals surface area contributed by atoms with Crippen LogP contribution in [0.2, 0.25) is 0 Å². The Labute approximate surface area is 93.5 Å². The van der Waals surface area contributed by atoms with Gasteiger partial charge in [-0.2, -0.15) is 0 Å². The number of hydrogen-bond donors (Lipinski definition) is 0. The second-order valence-corrected chi connectivity index (χ2v) is 0. The predicted molar refractivity (Wildman–Crippen MR) is 28.5 cm³/mol. The Bertz CT molecular complexity index is 7.61. The summed E-state index contributed by atoms with van der Waals surface area (Å²) in [5, 5.41) is 0. The molecule has 0 aromatic rings. The van der Waals surface area contributed by atoms with E-state index in [9.17, 15) is 0 Å². The minimum atomic E-state index is 0. The molecular formula is C2H4MgNa2. The maximum Gasteiger partial charge on any atom is 0 e. The molecule has 0 unspecified atom stereocenters. The van der Waals surface area contributed by atoms with E-state index in [0.717, 1.165) is 0 Å². The molecule has 0 amide bonds. The Kier molecular flexibility index (Phi) is 162. The van der Waals surface area contributed by atoms with Gasteiger partial charge in [0.2, 0.25) is 0 Å². The maximum absolute atomic E-state index is 3.00. The van der Waals surface area contributed by atoms with Gasteiger partial charge in [0, 0.05) is 82.2 Å². The van der Waals surface area contributed by atoms with Gasteiger partial charge in [0.05, 0.1) is 0 Å². The minimum absolute atomic E-state index is 0. The molecule has 4 radical (unpaired) electrons. The topological polar surface area (TPSA) is 0 Å². The van der Waals surface area contributed by atoms with E-state index >= 15 is 0 Å². The van der Waals surface area contributed by atoms with Crippen LogP contribution in [0.25, 0.3) is 0 Å². The molecule has 0 saturated carbocycles. The van der Waals surface area contributed by atoms with Crippen molar-refractivity contribution in [3.8, 4) is 0 Å². The van der Waals surface area contributed by atoms with Gasteiger partial charge in [0.15, 0.2) is 0 Å². The van der Waals surface area contributed by atoms with Crippen molar-refractivity contribution in [2.45, 2.75) is 0 Å². The fourth-order valence-electron chi connectivity index (χ4n) is 0. The van der Waals surface area contributed by atoms with Gasteiger partial charge >= 0.3 is 0 Å². The average molecular weight is 98.3 g/mol. The van der Waals surface area contributed by atoms with Crippen LogP contribution in [0.1, 0.15) is 0 Å². The summed E-state index contributed by atoms with van der Waals surface area (Å²) in [5.41, 5.74) is 0. The minimum Gasteiger partial charge on any atom is -0.106 e. The van der Waals surface area contributed by atoms with Crippen LogP contribution in [0, 0.1) is 0 Å². The van der Waals surface area contributed by atoms with Gasteiger partial charge in [-0.05, 0) is 0 Å². The predicted octanol–water partition coefficient (Wildman–Crippen LogP) is -0.340. The molecule has 0 aliphatic rings. The summed E-state index contributed by atoms with van der Waals surface area (Å²) in [4.78, 5) is 0. The molecule has 0 nitrogen and oxygen atoms in total. The largest absolute Gasteiger partial charge is 0.106 e. The Morgan fingerprint density at radius 3 is 0.800 bits per heavy atom. The molecule has 0 heterocycles. The monoisotopic (exact) mass is 98.0 g/mol. The fourth-order valence-corrected chi connectivity index (χ4v) is 0. The molecule has 3 heteroatoms. The van der Waals surface area contributed by atoms with Gasteiger partial charge in [-0.3, -0.25) is 0 Å². The SMILES string of the molecule is C=C.[Mg].[Na].[Na]. The Morgan fingerprint density at radius 1 is 0.800 bits per heavy atom. The summed E-state index contributed by atoms with van der Waals surface area (Å²) >= 11 is 0. The van der Waals surface area contributed by atoms with Crippen LogP contribution >= 0.6 is 0 Å². The van der Waals surface area contributed by atoms with Gasteiger partial charge in [0.25, 0.3) is 0 Å². The normalized spacial score (nSPS) is 0.800. The molecule has 16 valence electrons. The third-order valence-corrected chi connectivity index (χ3v) is 0. The molecule has 0 saturated heterocycles. The zero-order valence-electron chi connectivity index (χ0n) is 4.12. The van der Waals surface area contributed by atoms with Crippen molar-refractivity contribution < 1.29 is 0 Å². The van der Waals surface area contributed by atoms with E-state index in [1.54, 1.807) is 0 Å². The molecule has 0 rings (SSSR count). The summed E-state index contributed by atoms with van der Waals surface area (Å²) in [6.45, 7) is 6.00. The van der Waals surface area contributed by atoms with Crippen molar-refractivity contribution in [1.82, 2.24) is 0 Å². The van der Waals surface area contributed by atoms with E-state index in [4.69, 9.17) is 0 Å². The van der Waals surface area contributed by atoms with Crippen LogP contribution in [-0.4, -0.2) is 82.2 Å². The Hall–Kier alpha value is 2.51. The molecule has 5 heavy (non-hydrogen) atoms. The van der Waals surface area contributed by atoms with Crippen LogP contribution in [0.5, 0.6) is 0 Å². The van der Waals surface area contributed by atoms with Crippen molar-refractivity contribution in [3.63, 3.8) is 0 Å². The maximum atomic E-state index is 3.00. The summed E-state index contributed by atoms with van der Waals surface area (Å²) in [7, 11) is 0. The van der Waals surface area contributed by atoms with E-state index in [1.807, 2.05) is 0 Å². The molecule has 0 N–H and O–H groups in total. The van der Waals surface area contributed by atoms with Crippen LogP contribution in [0.3, 0.4) is 0 Å². The van der Waals surface area contributed by atoms with Gasteiger partial charge in [-0.1, -0.05) is 0 Å². The van der Waals surface area contributed by atoms with E-state index < -0.39 is 0 Å². The zero-order chi connectivity index (χ0) is 2.00. The molecule has 0 aromatic carbocycles. The number of rotatable bonds is 0. The van der Waals surface area contributed by atoms with E-state index in [-0.39, 0.29) is 82.2 Å². The van der Waals surface area contributed by atoms with E-state index in [1.165, 1.54) is 0 Å². The van der Waals surface area contributed by atoms with Crippen LogP contribution < -0.4 is 0 Å². The first-order chi connectivity index (χ1) is 1.00. The van der Waals surface area contributed by atoms with Crippen LogP contribution in [0.4, 0.5) is 0 Å². The Balaban J connectivity index is -0.00000000167. The summed E-state index contributed by atoms with van der Waals surface area (Å²) in [5.74, 6) is 0. The van der Waals surface area contributed by atoms with Crippen LogP contribution in [0.15, 0.2) is 13.2 Å². The van der Waals surface area contributed by atoms with Gasteiger partial charge in [0.1, 0.15) is 0 Å². The van der Waals surface area contributed by atoms with Gasteiger partial charge < -0.3 is 0 Å². The molecule has 0 aliphatic heterocycles. The smallest absolute Gasteiger partial charge is 0 e. The Morgan fingerprint density at radius 2 is 0.800 bits per heavy atom. The second-order valence-electron chi connectivity index (χ2n) is 0. The standard InChI is InChI=1S/C2H4.Mg.2Na/c1-2;;;/h1-2H2;;;. The first-order valence-electron chi connectivity index (χ1n) is 0.500. The van der Waals surface area contributed by atoms with Crippen LogP contribution in [-0.2, 0) is 0 Å². The van der Waals surface area contributed by atoms with Crippen molar-refractivity contribution >= 4 is 82.2 Å². The van der Waals surface area contributed by atoms with Gasteiger partial charge in [-0.25, -0.2) is 0 Å². The summed E-state index contributed by atoms with van der Waals surface area (Å²) in [6.07, 6.45) is 0. The molecule has 0 atom stereocenters. The summed E-state index contributed by atoms with van der Waals surface area (Å²) < 4.78 is 0. The van der Waals surface area contributed by atoms with Crippen molar-refractivity contribution in [2.24, 2.45) is 0 Å². The number of hydrogen-bond acceptors (Lipinski definition) is 0. The zero-order valence-corrected chi connectivity index (χ0v) is 9.54. The fraction of sp³-hybridized carbons (Fsp3) is 0. The molecule has 0 bridgehead atoms. The molecule has 0 aromatic heterocycles. The first kappa shape index (κ1) is 25.8. The average Bonchev–Trinajstić information content (AvgIpc) is 1.00. The third kappa shape index (κ3) is 21.0. The van der Waals surface area contributed by atoms with Crippen molar-refractivity contribution in [2.75, 3.05) is 0 Å². The van der Waals surface area contributed by atoms with Crippen molar-refractivity contribution in [3.05, 3.63) is 13.2 Å².